The third kappa shape index (κ3) is 6.28. The smallest absolute Gasteiger partial charge is 0.468 e. The molecule has 0 saturated heterocycles. The Morgan fingerprint density at radius 1 is 1.10 bits per heavy atom. The summed E-state index contributed by atoms with van der Waals surface area (Å²) < 4.78 is 136. The Kier molecular flexibility index (Phi) is 8.85. The minimum absolute atomic E-state index is 0.209. The van der Waals surface area contributed by atoms with E-state index < -0.39 is 70.7 Å². The SMILES string of the molecule is C=CC(=O)OC(OCCCC(F)(F)C(F)(F)S(=O)(=O)[O-])(C(=O)OC(C)C)C(F)(F)F. The van der Waals surface area contributed by atoms with Gasteiger partial charge in [0.2, 0.25) is 0 Å². The Morgan fingerprint density at radius 2 is 1.60 bits per heavy atom. The first-order chi connectivity index (χ1) is 13.2. The molecule has 0 heterocycles. The van der Waals surface area contributed by atoms with Crippen LogP contribution in [0.25, 0.3) is 0 Å². The molecule has 176 valence electrons. The van der Waals surface area contributed by atoms with Crippen molar-refractivity contribution in [3.63, 3.8) is 0 Å². The molecule has 0 aromatic heterocycles. The van der Waals surface area contributed by atoms with Crippen molar-refractivity contribution in [2.75, 3.05) is 6.61 Å². The molecule has 0 fully saturated rings. The lowest BCUT2D eigenvalue weighted by Crippen LogP contribution is -2.58. The fourth-order valence-corrected chi connectivity index (χ4v) is 2.17. The summed E-state index contributed by atoms with van der Waals surface area (Å²) in [7, 11) is -6.80. The van der Waals surface area contributed by atoms with Crippen LogP contribution >= 0.6 is 0 Å². The summed E-state index contributed by atoms with van der Waals surface area (Å²) in [4.78, 5) is 23.1. The molecule has 0 spiro atoms. The van der Waals surface area contributed by atoms with Gasteiger partial charge in [0.1, 0.15) is 0 Å². The molecule has 30 heavy (non-hydrogen) atoms. The van der Waals surface area contributed by atoms with Gasteiger partial charge in [0.15, 0.2) is 10.1 Å². The number of ether oxygens (including phenoxy) is 3. The second-order valence-corrected chi connectivity index (χ2v) is 7.24. The molecule has 0 radical (unpaired) electrons. The first-order valence-corrected chi connectivity index (χ1v) is 9.14. The Labute approximate surface area is 165 Å². The number of hydrogen-bond acceptors (Lipinski definition) is 8. The molecule has 0 bridgehead atoms. The zero-order chi connectivity index (χ0) is 24.2. The number of esters is 2. The minimum atomic E-state index is -6.80. The van der Waals surface area contributed by atoms with Crippen LogP contribution in [0.15, 0.2) is 12.7 Å². The zero-order valence-corrected chi connectivity index (χ0v) is 16.1. The highest BCUT2D eigenvalue weighted by Crippen LogP contribution is 2.42. The van der Waals surface area contributed by atoms with Crippen LogP contribution in [0.1, 0.15) is 26.7 Å². The molecule has 1 atom stereocenters. The van der Waals surface area contributed by atoms with Gasteiger partial charge < -0.3 is 18.8 Å². The Morgan fingerprint density at radius 3 is 1.97 bits per heavy atom. The average molecular weight is 477 g/mol. The van der Waals surface area contributed by atoms with Crippen LogP contribution in [-0.4, -0.2) is 60.8 Å². The number of halogens is 7. The van der Waals surface area contributed by atoms with Crippen LogP contribution < -0.4 is 0 Å². The van der Waals surface area contributed by atoms with Crippen molar-refractivity contribution in [1.29, 1.82) is 0 Å². The van der Waals surface area contributed by atoms with Gasteiger partial charge in [0.05, 0.1) is 12.7 Å². The van der Waals surface area contributed by atoms with Crippen LogP contribution in [-0.2, 0) is 33.9 Å². The Hall–Kier alpha value is -1.94. The van der Waals surface area contributed by atoms with Crippen molar-refractivity contribution < 1.29 is 67.5 Å². The molecule has 0 N–H and O–H groups in total. The van der Waals surface area contributed by atoms with Crippen LogP contribution in [0, 0.1) is 0 Å². The van der Waals surface area contributed by atoms with E-state index in [-0.39, 0.29) is 6.08 Å². The van der Waals surface area contributed by atoms with Gasteiger partial charge in [-0.15, -0.1) is 0 Å². The van der Waals surface area contributed by atoms with Crippen LogP contribution in [0.5, 0.6) is 0 Å². The highest BCUT2D eigenvalue weighted by atomic mass is 32.2. The van der Waals surface area contributed by atoms with E-state index in [2.05, 4.69) is 20.8 Å². The van der Waals surface area contributed by atoms with E-state index in [1.54, 1.807) is 0 Å². The lowest BCUT2D eigenvalue weighted by Gasteiger charge is -2.33. The largest absolute Gasteiger partial charge is 0.743 e. The van der Waals surface area contributed by atoms with E-state index in [9.17, 15) is 53.3 Å². The molecule has 0 aliphatic rings. The molecule has 0 saturated carbocycles. The maximum atomic E-state index is 13.5. The van der Waals surface area contributed by atoms with Gasteiger partial charge in [-0.05, 0) is 20.3 Å². The maximum Gasteiger partial charge on any atom is 0.468 e. The van der Waals surface area contributed by atoms with Gasteiger partial charge in [-0.3, -0.25) is 0 Å². The molecule has 0 rings (SSSR count). The topological polar surface area (TPSA) is 119 Å². The van der Waals surface area contributed by atoms with E-state index in [0.29, 0.717) is 0 Å². The lowest BCUT2D eigenvalue weighted by atomic mass is 10.2. The summed E-state index contributed by atoms with van der Waals surface area (Å²) in [5, 5.41) is -6.06. The summed E-state index contributed by atoms with van der Waals surface area (Å²) >= 11 is 0. The summed E-state index contributed by atoms with van der Waals surface area (Å²) in [6.07, 6.45) is -10.3. The number of carbonyl (C=O) groups is 2. The normalized spacial score (nSPS) is 15.4. The molecular formula is C14H16F7O8S-. The van der Waals surface area contributed by atoms with Crippen LogP contribution in [0.2, 0.25) is 0 Å². The Bertz CT molecular complexity index is 748. The van der Waals surface area contributed by atoms with Crippen molar-refractivity contribution in [3.05, 3.63) is 12.7 Å². The fraction of sp³-hybridized carbons (Fsp3) is 0.714. The molecule has 1 unspecified atom stereocenters. The molecule has 0 aromatic rings. The van der Waals surface area contributed by atoms with E-state index in [4.69, 9.17) is 0 Å². The van der Waals surface area contributed by atoms with Gasteiger partial charge in [0, 0.05) is 12.5 Å². The summed E-state index contributed by atoms with van der Waals surface area (Å²) in [5.74, 6) is -14.1. The van der Waals surface area contributed by atoms with Gasteiger partial charge in [-0.1, -0.05) is 6.58 Å². The fourth-order valence-electron chi connectivity index (χ4n) is 1.70. The molecule has 0 aromatic carbocycles. The monoisotopic (exact) mass is 477 g/mol. The van der Waals surface area contributed by atoms with Crippen molar-refractivity contribution >= 4 is 22.1 Å². The van der Waals surface area contributed by atoms with E-state index in [1.807, 2.05) is 0 Å². The molecule has 0 amide bonds. The number of carbonyl (C=O) groups excluding carboxylic acids is 2. The van der Waals surface area contributed by atoms with Crippen molar-refractivity contribution in [3.8, 4) is 0 Å². The second kappa shape index (κ2) is 9.47. The zero-order valence-electron chi connectivity index (χ0n) is 15.3. The lowest BCUT2D eigenvalue weighted by molar-refractivity contribution is -0.355. The van der Waals surface area contributed by atoms with E-state index in [0.717, 1.165) is 13.8 Å². The van der Waals surface area contributed by atoms with Crippen molar-refractivity contribution in [2.24, 2.45) is 0 Å². The van der Waals surface area contributed by atoms with Crippen molar-refractivity contribution in [2.45, 2.75) is 55.9 Å². The van der Waals surface area contributed by atoms with Crippen LogP contribution in [0.4, 0.5) is 30.7 Å². The predicted molar refractivity (Wildman–Crippen MR) is 81.1 cm³/mol. The first-order valence-electron chi connectivity index (χ1n) is 7.73. The highest BCUT2D eigenvalue weighted by molar-refractivity contribution is 7.86. The van der Waals surface area contributed by atoms with Crippen molar-refractivity contribution in [1.82, 2.24) is 0 Å². The third-order valence-electron chi connectivity index (χ3n) is 3.08. The highest BCUT2D eigenvalue weighted by Gasteiger charge is 2.68. The predicted octanol–water partition coefficient (Wildman–Crippen LogP) is 2.50. The van der Waals surface area contributed by atoms with Crippen LogP contribution in [0.3, 0.4) is 0 Å². The second-order valence-electron chi connectivity index (χ2n) is 5.82. The average Bonchev–Trinajstić information content (AvgIpc) is 2.54. The molecule has 8 nitrogen and oxygen atoms in total. The minimum Gasteiger partial charge on any atom is -0.743 e. The Balaban J connectivity index is 5.66. The quantitative estimate of drug-likeness (QED) is 0.111. The molecule has 16 heteroatoms. The first kappa shape index (κ1) is 28.1. The maximum absolute atomic E-state index is 13.5. The summed E-state index contributed by atoms with van der Waals surface area (Å²) in [6.45, 7) is 3.46. The summed E-state index contributed by atoms with van der Waals surface area (Å²) in [5.41, 5.74) is 0. The van der Waals surface area contributed by atoms with Gasteiger partial charge in [-0.2, -0.15) is 30.7 Å². The molecule has 0 aliphatic heterocycles. The van der Waals surface area contributed by atoms with Gasteiger partial charge >= 0.3 is 35.1 Å². The molecule has 0 aliphatic carbocycles. The van der Waals surface area contributed by atoms with E-state index in [1.165, 1.54) is 0 Å². The van der Waals surface area contributed by atoms with E-state index >= 15 is 0 Å². The standard InChI is InChI=1S/C14H17F7O8S/c1-4-9(22)29-12(13(17,18)19,10(23)28-8(2)3)27-7-5-6-11(15,16)14(20,21)30(24,25)26/h4,8H,1,5-7H2,2-3H3,(H,24,25,26)/p-1. The molecular weight excluding hydrogens is 461 g/mol. The van der Waals surface area contributed by atoms with Gasteiger partial charge in [-0.25, -0.2) is 18.0 Å². The third-order valence-corrected chi connectivity index (χ3v) is 4.00. The van der Waals surface area contributed by atoms with Gasteiger partial charge in [0.25, 0.3) is 0 Å². The number of hydrogen-bond donors (Lipinski definition) is 0. The number of alkyl halides is 7. The number of rotatable bonds is 11. The summed E-state index contributed by atoms with van der Waals surface area (Å²) in [6, 6.07) is 0.